The first-order valence-electron chi connectivity index (χ1n) is 12.1. The van der Waals surface area contributed by atoms with E-state index >= 15 is 0 Å². The lowest BCUT2D eigenvalue weighted by molar-refractivity contribution is -0.143. The van der Waals surface area contributed by atoms with Crippen LogP contribution in [0.25, 0.3) is 0 Å². The van der Waals surface area contributed by atoms with Gasteiger partial charge >= 0.3 is 18.4 Å². The number of hydrogen-bond donors (Lipinski definition) is 1. The Kier molecular flexibility index (Phi) is 7.91. The van der Waals surface area contributed by atoms with E-state index in [-0.39, 0.29) is 49.1 Å². The number of alkyl halides is 6. The summed E-state index contributed by atoms with van der Waals surface area (Å²) in [6.45, 7) is 2.55. The van der Waals surface area contributed by atoms with Crippen molar-refractivity contribution in [3.63, 3.8) is 0 Å². The van der Waals surface area contributed by atoms with Crippen LogP contribution in [-0.2, 0) is 21.9 Å². The summed E-state index contributed by atoms with van der Waals surface area (Å²) in [6.07, 6.45) is -11.3. The zero-order valence-corrected chi connectivity index (χ0v) is 20.5. The van der Waals surface area contributed by atoms with E-state index < -0.39 is 35.7 Å². The number of ether oxygens (including phenoxy) is 1. The molecule has 2 heterocycles. The number of benzene rings is 2. The molecule has 6 nitrogen and oxygen atoms in total. The average Bonchev–Trinajstić information content (AvgIpc) is 2.87. The number of amides is 3. The highest BCUT2D eigenvalue weighted by atomic mass is 19.4. The Hall–Kier alpha value is -3.28. The van der Waals surface area contributed by atoms with Crippen molar-refractivity contribution in [3.8, 4) is 0 Å². The van der Waals surface area contributed by atoms with E-state index in [0.29, 0.717) is 31.6 Å². The number of halogens is 6. The fourth-order valence-electron chi connectivity index (χ4n) is 4.84. The molecule has 2 aromatic rings. The third-order valence-corrected chi connectivity index (χ3v) is 6.81. The predicted molar refractivity (Wildman–Crippen MR) is 125 cm³/mol. The van der Waals surface area contributed by atoms with Crippen LogP contribution in [0.15, 0.2) is 48.5 Å². The Morgan fingerprint density at radius 1 is 0.974 bits per heavy atom. The molecule has 38 heavy (non-hydrogen) atoms. The first-order valence-corrected chi connectivity index (χ1v) is 12.1. The molecule has 0 spiro atoms. The molecule has 3 atom stereocenters. The van der Waals surface area contributed by atoms with Gasteiger partial charge < -0.3 is 19.9 Å². The van der Waals surface area contributed by atoms with Gasteiger partial charge in [-0.05, 0) is 42.7 Å². The van der Waals surface area contributed by atoms with Crippen molar-refractivity contribution < 1.29 is 40.7 Å². The molecule has 0 radical (unpaired) electrons. The minimum absolute atomic E-state index is 0.0562. The molecule has 1 N–H and O–H groups in total. The van der Waals surface area contributed by atoms with Crippen LogP contribution in [0.1, 0.15) is 47.6 Å². The smallest absolute Gasteiger partial charge is 0.370 e. The number of carbonyl (C=O) groups is 2. The average molecular weight is 544 g/mol. The number of hydrogen-bond acceptors (Lipinski definition) is 3. The van der Waals surface area contributed by atoms with Gasteiger partial charge in [0.25, 0.3) is 0 Å². The summed E-state index contributed by atoms with van der Waals surface area (Å²) in [6, 6.07) is 10.2. The highest BCUT2D eigenvalue weighted by Gasteiger charge is 2.39. The molecule has 2 aliphatic heterocycles. The lowest BCUT2D eigenvalue weighted by Crippen LogP contribution is -2.56. The van der Waals surface area contributed by atoms with E-state index in [0.717, 1.165) is 5.56 Å². The van der Waals surface area contributed by atoms with Gasteiger partial charge in [-0.25, -0.2) is 4.79 Å². The Balaban J connectivity index is 1.57. The van der Waals surface area contributed by atoms with E-state index in [1.165, 1.54) is 11.8 Å². The van der Waals surface area contributed by atoms with Crippen LogP contribution in [-0.4, -0.2) is 60.6 Å². The number of rotatable bonds is 4. The maximum atomic E-state index is 13.4. The highest BCUT2D eigenvalue weighted by molar-refractivity contribution is 5.85. The molecule has 3 amide bonds. The van der Waals surface area contributed by atoms with Crippen LogP contribution in [0.5, 0.6) is 0 Å². The summed E-state index contributed by atoms with van der Waals surface area (Å²) >= 11 is 0. The molecule has 0 aromatic heterocycles. The lowest BCUT2D eigenvalue weighted by Gasteiger charge is -2.42. The maximum Gasteiger partial charge on any atom is 0.416 e. The summed E-state index contributed by atoms with van der Waals surface area (Å²) < 4.78 is 86.3. The maximum absolute atomic E-state index is 13.4. The zero-order chi connectivity index (χ0) is 27.7. The first-order chi connectivity index (χ1) is 17.8. The minimum Gasteiger partial charge on any atom is -0.370 e. The summed E-state index contributed by atoms with van der Waals surface area (Å²) in [7, 11) is 0. The third-order valence-electron chi connectivity index (χ3n) is 6.81. The molecule has 0 saturated carbocycles. The number of nitrogens with zero attached hydrogens (tertiary/aromatic N) is 2. The van der Waals surface area contributed by atoms with Gasteiger partial charge in [0.1, 0.15) is 6.54 Å². The topological polar surface area (TPSA) is 61.9 Å². The van der Waals surface area contributed by atoms with Crippen LogP contribution >= 0.6 is 0 Å². The van der Waals surface area contributed by atoms with Gasteiger partial charge in [-0.15, -0.1) is 0 Å². The Morgan fingerprint density at radius 3 is 2.18 bits per heavy atom. The monoisotopic (exact) mass is 543 g/mol. The standard InChI is InChI=1S/C26H27F6N3O3/c1-16(18-11-19(25(27,28)29)13-20(12-18)26(30,31)32)38-22-7-9-34(14-21(22)17-5-3-2-4-6-17)24(37)35-10-8-33-23(36)15-35/h2-6,11-13,16,21-22H,7-10,14-15H2,1H3,(H,33,36)/t16-,21+,22+/m1/s1. The molecule has 0 aliphatic carbocycles. The largest absolute Gasteiger partial charge is 0.416 e. The molecule has 2 fully saturated rings. The van der Waals surface area contributed by atoms with E-state index in [1.54, 1.807) is 23.1 Å². The summed E-state index contributed by atoms with van der Waals surface area (Å²) in [5.41, 5.74) is -2.22. The van der Waals surface area contributed by atoms with Crippen LogP contribution < -0.4 is 5.32 Å². The number of nitrogens with one attached hydrogen (secondary N) is 1. The van der Waals surface area contributed by atoms with E-state index in [9.17, 15) is 35.9 Å². The Bertz CT molecular complexity index is 1120. The Morgan fingerprint density at radius 2 is 1.61 bits per heavy atom. The van der Waals surface area contributed by atoms with Crippen molar-refractivity contribution in [2.45, 2.75) is 43.8 Å². The molecular weight excluding hydrogens is 516 g/mol. The van der Waals surface area contributed by atoms with Gasteiger partial charge in [-0.2, -0.15) is 26.3 Å². The second-order valence-corrected chi connectivity index (χ2v) is 9.46. The number of likely N-dealkylation sites (tertiary alicyclic amines) is 1. The van der Waals surface area contributed by atoms with E-state index in [1.807, 2.05) is 12.1 Å². The van der Waals surface area contributed by atoms with Gasteiger partial charge in [-0.1, -0.05) is 30.3 Å². The van der Waals surface area contributed by atoms with E-state index in [2.05, 4.69) is 5.32 Å². The molecule has 0 unspecified atom stereocenters. The molecule has 206 valence electrons. The number of carbonyl (C=O) groups excluding carboxylic acids is 2. The fraction of sp³-hybridized carbons (Fsp3) is 0.462. The van der Waals surface area contributed by atoms with Crippen LogP contribution in [0, 0.1) is 0 Å². The van der Waals surface area contributed by atoms with Crippen LogP contribution in [0.3, 0.4) is 0 Å². The zero-order valence-electron chi connectivity index (χ0n) is 20.5. The van der Waals surface area contributed by atoms with Crippen molar-refractivity contribution in [2.75, 3.05) is 32.7 Å². The summed E-state index contributed by atoms with van der Waals surface area (Å²) in [5.74, 6) is -0.640. The normalized spacial score (nSPS) is 21.7. The first kappa shape index (κ1) is 27.7. The van der Waals surface area contributed by atoms with Gasteiger partial charge in [0.05, 0.1) is 23.3 Å². The molecule has 2 aliphatic rings. The molecule has 2 aromatic carbocycles. The SMILES string of the molecule is C[C@@H](O[C@H]1CCN(C(=O)N2CCNC(=O)C2)C[C@H]1c1ccccc1)c1cc(C(F)(F)F)cc(C(F)(F)F)c1. The molecule has 0 bridgehead atoms. The second-order valence-electron chi connectivity index (χ2n) is 9.46. The molecule has 2 saturated heterocycles. The van der Waals surface area contributed by atoms with Crippen molar-refractivity contribution >= 4 is 11.9 Å². The van der Waals surface area contributed by atoms with Crippen molar-refractivity contribution in [1.29, 1.82) is 0 Å². The predicted octanol–water partition coefficient (Wildman–Crippen LogP) is 5.21. The molecular formula is C26H27F6N3O3. The van der Waals surface area contributed by atoms with Gasteiger partial charge in [-0.3, -0.25) is 4.79 Å². The second kappa shape index (κ2) is 10.8. The number of piperazine rings is 1. The third kappa shape index (κ3) is 6.40. The fourth-order valence-corrected chi connectivity index (χ4v) is 4.84. The Labute approximate surface area is 215 Å². The summed E-state index contributed by atoms with van der Waals surface area (Å²) in [5, 5.41) is 2.66. The van der Waals surface area contributed by atoms with Gasteiger partial charge in [0.2, 0.25) is 5.91 Å². The quantitative estimate of drug-likeness (QED) is 0.539. The number of piperidine rings is 1. The number of urea groups is 1. The summed E-state index contributed by atoms with van der Waals surface area (Å²) in [4.78, 5) is 27.9. The molecule has 12 heteroatoms. The molecule has 4 rings (SSSR count). The van der Waals surface area contributed by atoms with Crippen molar-refractivity contribution in [3.05, 3.63) is 70.8 Å². The van der Waals surface area contributed by atoms with Crippen molar-refractivity contribution in [2.24, 2.45) is 0 Å². The van der Waals surface area contributed by atoms with Crippen LogP contribution in [0.4, 0.5) is 31.1 Å². The van der Waals surface area contributed by atoms with Gasteiger partial charge in [0, 0.05) is 32.1 Å². The van der Waals surface area contributed by atoms with Crippen molar-refractivity contribution in [1.82, 2.24) is 15.1 Å². The lowest BCUT2D eigenvalue weighted by atomic mass is 9.87. The van der Waals surface area contributed by atoms with Crippen LogP contribution in [0.2, 0.25) is 0 Å². The highest BCUT2D eigenvalue weighted by Crippen LogP contribution is 2.39. The van der Waals surface area contributed by atoms with E-state index in [4.69, 9.17) is 4.74 Å². The minimum atomic E-state index is -4.96. The van der Waals surface area contributed by atoms with Gasteiger partial charge in [0.15, 0.2) is 0 Å².